The summed E-state index contributed by atoms with van der Waals surface area (Å²) in [6.45, 7) is 3.29. The van der Waals surface area contributed by atoms with Gasteiger partial charge in [0.1, 0.15) is 11.8 Å². The molecule has 0 aromatic carbocycles. The van der Waals surface area contributed by atoms with Crippen LogP contribution in [0, 0.1) is 6.92 Å². The summed E-state index contributed by atoms with van der Waals surface area (Å²) in [6, 6.07) is 1.15. The maximum Gasteiger partial charge on any atom is 0.412 e. The Morgan fingerprint density at radius 3 is 2.71 bits per heavy atom. The molecule has 9 nitrogen and oxygen atoms in total. The highest BCUT2D eigenvalue weighted by atomic mass is 19.4. The van der Waals surface area contributed by atoms with E-state index in [0.717, 1.165) is 5.56 Å². The van der Waals surface area contributed by atoms with Crippen LogP contribution in [0.3, 0.4) is 0 Å². The monoisotopic (exact) mass is 430 g/mol. The summed E-state index contributed by atoms with van der Waals surface area (Å²) in [5.74, 6) is 0.214. The second-order valence-corrected chi connectivity index (χ2v) is 7.55. The second kappa shape index (κ2) is 6.40. The molecule has 4 aromatic heterocycles. The molecule has 0 radical (unpaired) electrons. The van der Waals surface area contributed by atoms with Crippen molar-refractivity contribution >= 4 is 28.4 Å². The molecule has 1 aliphatic carbocycles. The highest BCUT2D eigenvalue weighted by Crippen LogP contribution is 2.46. The summed E-state index contributed by atoms with van der Waals surface area (Å²) < 4.78 is 43.5. The molecule has 1 aliphatic rings. The average Bonchev–Trinajstić information content (AvgIpc) is 3.24. The number of anilines is 2. The molecule has 160 valence electrons. The number of alkyl halides is 3. The number of aromatic nitrogens is 7. The van der Waals surface area contributed by atoms with Crippen molar-refractivity contribution in [1.29, 1.82) is 0 Å². The first kappa shape index (κ1) is 19.3. The van der Waals surface area contributed by atoms with Crippen LogP contribution >= 0.6 is 0 Å². The Morgan fingerprint density at radius 1 is 1.23 bits per heavy atom. The normalized spacial score (nSPS) is 16.9. The van der Waals surface area contributed by atoms with Gasteiger partial charge in [-0.25, -0.2) is 19.3 Å². The van der Waals surface area contributed by atoms with Crippen molar-refractivity contribution < 1.29 is 13.2 Å². The van der Waals surface area contributed by atoms with Gasteiger partial charge in [0.05, 0.1) is 24.1 Å². The minimum absolute atomic E-state index is 0.127. The number of hydrogen-bond donors (Lipinski definition) is 1. The quantitative estimate of drug-likeness (QED) is 0.502. The third-order valence-electron chi connectivity index (χ3n) is 5.73. The number of halogens is 3. The Hall–Kier alpha value is -3.70. The minimum atomic E-state index is -4.39. The van der Waals surface area contributed by atoms with Crippen molar-refractivity contribution in [3.05, 3.63) is 52.0 Å². The molecular weight excluding hydrogens is 413 g/mol. The number of fused-ring (bicyclic) bond motifs is 2. The van der Waals surface area contributed by atoms with Crippen LogP contribution in [0.2, 0.25) is 0 Å². The van der Waals surface area contributed by atoms with Crippen molar-refractivity contribution in [2.75, 3.05) is 5.32 Å². The Kier molecular flexibility index (Phi) is 3.98. The van der Waals surface area contributed by atoms with Gasteiger partial charge in [-0.15, -0.1) is 0 Å². The summed E-state index contributed by atoms with van der Waals surface area (Å²) in [6.07, 6.45) is -0.00333. The maximum absolute atomic E-state index is 13.1. The molecule has 1 N–H and O–H groups in total. The fourth-order valence-corrected chi connectivity index (χ4v) is 3.89. The minimum Gasteiger partial charge on any atom is -0.323 e. The van der Waals surface area contributed by atoms with Crippen LogP contribution in [0.25, 0.3) is 16.8 Å². The van der Waals surface area contributed by atoms with Crippen LogP contribution in [0.4, 0.5) is 24.8 Å². The molecule has 0 amide bonds. The van der Waals surface area contributed by atoms with E-state index in [2.05, 4.69) is 25.4 Å². The van der Waals surface area contributed by atoms with Crippen molar-refractivity contribution in [3.8, 4) is 0 Å². The number of pyridine rings is 1. The fourth-order valence-electron chi connectivity index (χ4n) is 3.89. The molecule has 0 spiro atoms. The Labute approximate surface area is 172 Å². The van der Waals surface area contributed by atoms with Crippen molar-refractivity contribution in [2.24, 2.45) is 7.05 Å². The number of imidazole rings is 1. The lowest BCUT2D eigenvalue weighted by molar-refractivity contribution is -0.100. The van der Waals surface area contributed by atoms with E-state index in [-0.39, 0.29) is 23.6 Å². The van der Waals surface area contributed by atoms with Crippen LogP contribution in [0.15, 0.2) is 40.7 Å². The Balaban J connectivity index is 1.58. The van der Waals surface area contributed by atoms with Gasteiger partial charge in [-0.1, -0.05) is 0 Å². The molecule has 0 saturated heterocycles. The lowest BCUT2D eigenvalue weighted by Crippen LogP contribution is -2.35. The standard InChI is InChI=1S/C19H17F3N8O/c1-9-4-15-24-8-25-29(15)7-12(9)26-17-23-6-14-16(27-17)30(18(31)28(14)3)13-5-11(10(13)2)19(20,21)22/h4,6-8,13H,5H2,1-3H3,(H,23,26,27). The zero-order chi connectivity index (χ0) is 22.1. The fraction of sp³-hybridized carbons (Fsp3) is 0.316. The number of hydrogen-bond acceptors (Lipinski definition) is 6. The number of aryl methyl sites for hydroxylation is 2. The molecule has 0 bridgehead atoms. The van der Waals surface area contributed by atoms with E-state index in [0.29, 0.717) is 16.9 Å². The maximum atomic E-state index is 13.1. The van der Waals surface area contributed by atoms with Crippen LogP contribution in [-0.4, -0.2) is 39.9 Å². The average molecular weight is 430 g/mol. The van der Waals surface area contributed by atoms with Gasteiger partial charge in [-0.3, -0.25) is 9.13 Å². The summed E-state index contributed by atoms with van der Waals surface area (Å²) in [7, 11) is 1.54. The first-order valence-corrected chi connectivity index (χ1v) is 9.43. The van der Waals surface area contributed by atoms with Gasteiger partial charge in [-0.2, -0.15) is 23.3 Å². The molecule has 4 heterocycles. The molecule has 1 unspecified atom stereocenters. The summed E-state index contributed by atoms with van der Waals surface area (Å²) in [5.41, 5.74) is 2.05. The topological polar surface area (TPSA) is 94.9 Å². The third-order valence-corrected chi connectivity index (χ3v) is 5.73. The van der Waals surface area contributed by atoms with E-state index < -0.39 is 23.5 Å². The van der Waals surface area contributed by atoms with Gasteiger partial charge in [-0.05, 0) is 31.1 Å². The molecule has 0 fully saturated rings. The SMILES string of the molecule is CC1=C(C(F)(F)F)CC1n1c(=O)n(C)c2cnc(Nc3cn4ncnc4cc3C)nc21. The van der Waals surface area contributed by atoms with Crippen LogP contribution < -0.4 is 11.0 Å². The largest absolute Gasteiger partial charge is 0.412 e. The summed E-state index contributed by atoms with van der Waals surface area (Å²) >= 11 is 0. The van der Waals surface area contributed by atoms with Crippen LogP contribution in [-0.2, 0) is 7.05 Å². The smallest absolute Gasteiger partial charge is 0.323 e. The molecule has 4 aromatic rings. The predicted molar refractivity (Wildman–Crippen MR) is 106 cm³/mol. The number of allylic oxidation sites excluding steroid dienone is 2. The predicted octanol–water partition coefficient (Wildman–Crippen LogP) is 3.05. The highest BCUT2D eigenvalue weighted by Gasteiger charge is 2.45. The van der Waals surface area contributed by atoms with Gasteiger partial charge < -0.3 is 5.32 Å². The van der Waals surface area contributed by atoms with Gasteiger partial charge >= 0.3 is 11.9 Å². The first-order chi connectivity index (χ1) is 14.6. The van der Waals surface area contributed by atoms with E-state index in [9.17, 15) is 18.0 Å². The van der Waals surface area contributed by atoms with Crippen molar-refractivity contribution in [1.82, 2.24) is 33.7 Å². The third kappa shape index (κ3) is 2.89. The van der Waals surface area contributed by atoms with E-state index in [1.807, 2.05) is 13.0 Å². The van der Waals surface area contributed by atoms with Crippen LogP contribution in [0.5, 0.6) is 0 Å². The Bertz CT molecular complexity index is 1440. The highest BCUT2D eigenvalue weighted by molar-refractivity contribution is 5.73. The molecule has 12 heteroatoms. The molecule has 0 saturated carbocycles. The van der Waals surface area contributed by atoms with E-state index in [1.54, 1.807) is 17.8 Å². The van der Waals surface area contributed by atoms with Gasteiger partial charge in [0, 0.05) is 19.0 Å². The van der Waals surface area contributed by atoms with E-state index >= 15 is 0 Å². The molecule has 5 rings (SSSR count). The van der Waals surface area contributed by atoms with Gasteiger partial charge in [0.2, 0.25) is 5.95 Å². The number of rotatable bonds is 3. The zero-order valence-electron chi connectivity index (χ0n) is 16.8. The van der Waals surface area contributed by atoms with Crippen molar-refractivity contribution in [3.63, 3.8) is 0 Å². The van der Waals surface area contributed by atoms with Crippen molar-refractivity contribution in [2.45, 2.75) is 32.5 Å². The lowest BCUT2D eigenvalue weighted by atomic mass is 9.83. The molecule has 1 atom stereocenters. The lowest BCUT2D eigenvalue weighted by Gasteiger charge is -2.33. The summed E-state index contributed by atoms with van der Waals surface area (Å²) in [4.78, 5) is 25.6. The Morgan fingerprint density at radius 2 is 2.00 bits per heavy atom. The van der Waals surface area contributed by atoms with Crippen LogP contribution in [0.1, 0.15) is 24.9 Å². The van der Waals surface area contributed by atoms with E-state index in [1.165, 1.54) is 28.6 Å². The molecule has 0 aliphatic heterocycles. The van der Waals surface area contributed by atoms with Gasteiger partial charge in [0.15, 0.2) is 11.3 Å². The molecule has 31 heavy (non-hydrogen) atoms. The van der Waals surface area contributed by atoms with E-state index in [4.69, 9.17) is 0 Å². The van der Waals surface area contributed by atoms with Gasteiger partial charge in [0.25, 0.3) is 0 Å². The molecular formula is C19H17F3N8O. The zero-order valence-corrected chi connectivity index (χ0v) is 16.8. The number of nitrogens with one attached hydrogen (secondary N) is 1. The summed E-state index contributed by atoms with van der Waals surface area (Å²) in [5, 5.41) is 7.19. The first-order valence-electron chi connectivity index (χ1n) is 9.43. The number of nitrogens with zero attached hydrogens (tertiary/aromatic N) is 7. The second-order valence-electron chi connectivity index (χ2n) is 7.55.